The molecular formula is C15H16N2O. The molecule has 0 unspecified atom stereocenters. The van der Waals surface area contributed by atoms with Crippen molar-refractivity contribution in [1.29, 1.82) is 5.41 Å². The minimum Gasteiger partial charge on any atom is -0.456 e. The van der Waals surface area contributed by atoms with Gasteiger partial charge in [0.25, 0.3) is 0 Å². The minimum atomic E-state index is 0.0110. The summed E-state index contributed by atoms with van der Waals surface area (Å²) in [6.45, 7) is 4.00. The summed E-state index contributed by atoms with van der Waals surface area (Å²) in [5.41, 5.74) is 8.29. The van der Waals surface area contributed by atoms with Crippen LogP contribution in [0.2, 0.25) is 0 Å². The number of nitrogens with two attached hydrogens (primary N) is 1. The van der Waals surface area contributed by atoms with Crippen LogP contribution < -0.4 is 10.5 Å². The van der Waals surface area contributed by atoms with Gasteiger partial charge in [0.15, 0.2) is 0 Å². The third-order valence-electron chi connectivity index (χ3n) is 2.80. The van der Waals surface area contributed by atoms with E-state index in [2.05, 4.69) is 0 Å². The maximum atomic E-state index is 7.55. The molecule has 3 heteroatoms. The molecule has 0 aliphatic heterocycles. The van der Waals surface area contributed by atoms with Gasteiger partial charge in [0.1, 0.15) is 17.3 Å². The summed E-state index contributed by atoms with van der Waals surface area (Å²) >= 11 is 0. The van der Waals surface area contributed by atoms with Crippen LogP contribution in [0.5, 0.6) is 11.5 Å². The van der Waals surface area contributed by atoms with E-state index in [-0.39, 0.29) is 5.84 Å². The summed E-state index contributed by atoms with van der Waals surface area (Å²) in [7, 11) is 0. The maximum Gasteiger partial charge on any atom is 0.138 e. The topological polar surface area (TPSA) is 59.1 Å². The van der Waals surface area contributed by atoms with Gasteiger partial charge in [0.05, 0.1) is 5.56 Å². The second kappa shape index (κ2) is 4.92. The molecule has 0 radical (unpaired) electrons. The summed E-state index contributed by atoms with van der Waals surface area (Å²) in [6, 6.07) is 13.3. The van der Waals surface area contributed by atoms with Crippen LogP contribution >= 0.6 is 0 Å². The van der Waals surface area contributed by atoms with Gasteiger partial charge >= 0.3 is 0 Å². The smallest absolute Gasteiger partial charge is 0.138 e. The molecule has 0 aromatic heterocycles. The molecule has 2 aromatic rings. The zero-order chi connectivity index (χ0) is 13.1. The third kappa shape index (κ3) is 2.35. The Kier molecular flexibility index (Phi) is 3.33. The van der Waals surface area contributed by atoms with E-state index in [0.717, 1.165) is 16.9 Å². The number of ether oxygens (including phenoxy) is 1. The molecule has 0 bridgehead atoms. The highest BCUT2D eigenvalue weighted by molar-refractivity contribution is 5.97. The summed E-state index contributed by atoms with van der Waals surface area (Å²) in [5, 5.41) is 7.55. The van der Waals surface area contributed by atoms with Gasteiger partial charge in [0.2, 0.25) is 0 Å². The largest absolute Gasteiger partial charge is 0.456 e. The number of hydrogen-bond acceptors (Lipinski definition) is 2. The Bertz CT molecular complexity index is 571. The van der Waals surface area contributed by atoms with Crippen molar-refractivity contribution in [2.75, 3.05) is 0 Å². The van der Waals surface area contributed by atoms with Crippen LogP contribution in [0.25, 0.3) is 0 Å². The molecule has 0 heterocycles. The van der Waals surface area contributed by atoms with Gasteiger partial charge in [-0.1, -0.05) is 30.3 Å². The van der Waals surface area contributed by atoms with E-state index in [4.69, 9.17) is 15.9 Å². The van der Waals surface area contributed by atoms with Gasteiger partial charge in [0, 0.05) is 0 Å². The van der Waals surface area contributed by atoms with E-state index in [1.54, 1.807) is 6.07 Å². The number of hydrogen-bond donors (Lipinski definition) is 2. The van der Waals surface area contributed by atoms with E-state index < -0.39 is 0 Å². The molecule has 0 amide bonds. The van der Waals surface area contributed by atoms with Gasteiger partial charge in [-0.25, -0.2) is 0 Å². The average molecular weight is 240 g/mol. The number of aryl methyl sites for hydroxylation is 2. The van der Waals surface area contributed by atoms with Crippen molar-refractivity contribution < 1.29 is 4.74 Å². The van der Waals surface area contributed by atoms with Crippen molar-refractivity contribution in [3.05, 3.63) is 59.2 Å². The van der Waals surface area contributed by atoms with Crippen molar-refractivity contribution in [3.8, 4) is 11.5 Å². The Morgan fingerprint density at radius 3 is 2.22 bits per heavy atom. The molecule has 0 aliphatic carbocycles. The monoisotopic (exact) mass is 240 g/mol. The predicted molar refractivity (Wildman–Crippen MR) is 73.4 cm³/mol. The van der Waals surface area contributed by atoms with E-state index in [1.807, 2.05) is 50.2 Å². The van der Waals surface area contributed by atoms with Gasteiger partial charge in [-0.05, 0) is 37.1 Å². The minimum absolute atomic E-state index is 0.0110. The fourth-order valence-electron chi connectivity index (χ4n) is 1.85. The number of amidine groups is 1. The van der Waals surface area contributed by atoms with Gasteiger partial charge in [-0.3, -0.25) is 5.41 Å². The summed E-state index contributed by atoms with van der Waals surface area (Å²) in [6.07, 6.45) is 0. The van der Waals surface area contributed by atoms with Crippen LogP contribution in [0.15, 0.2) is 42.5 Å². The fourth-order valence-corrected chi connectivity index (χ4v) is 1.85. The Balaban J connectivity index is 2.43. The van der Waals surface area contributed by atoms with Crippen LogP contribution in [-0.2, 0) is 0 Å². The second-order valence-corrected chi connectivity index (χ2v) is 4.23. The molecule has 0 saturated carbocycles. The molecule has 2 rings (SSSR count). The van der Waals surface area contributed by atoms with Crippen LogP contribution in [0.4, 0.5) is 0 Å². The SMILES string of the molecule is Cc1cccc(C)c1Oc1ccccc1C(=N)N. The number of para-hydroxylation sites is 2. The standard InChI is InChI=1S/C15H16N2O/c1-10-6-5-7-11(2)14(10)18-13-9-4-3-8-12(13)15(16)17/h3-9H,1-2H3,(H3,16,17). The van der Waals surface area contributed by atoms with Gasteiger partial charge in [-0.15, -0.1) is 0 Å². The van der Waals surface area contributed by atoms with Gasteiger partial charge in [-0.2, -0.15) is 0 Å². The molecule has 2 aromatic carbocycles. The molecule has 0 fully saturated rings. The van der Waals surface area contributed by atoms with Crippen LogP contribution in [0.3, 0.4) is 0 Å². The highest BCUT2D eigenvalue weighted by atomic mass is 16.5. The van der Waals surface area contributed by atoms with Crippen molar-refractivity contribution in [2.24, 2.45) is 5.73 Å². The van der Waals surface area contributed by atoms with E-state index in [1.165, 1.54) is 0 Å². The fraction of sp³-hybridized carbons (Fsp3) is 0.133. The normalized spacial score (nSPS) is 10.1. The first-order valence-electron chi connectivity index (χ1n) is 5.77. The second-order valence-electron chi connectivity index (χ2n) is 4.23. The maximum absolute atomic E-state index is 7.55. The Hall–Kier alpha value is -2.29. The average Bonchev–Trinajstić information content (AvgIpc) is 2.34. The third-order valence-corrected chi connectivity index (χ3v) is 2.80. The first-order chi connectivity index (χ1) is 8.59. The Labute approximate surface area is 107 Å². The zero-order valence-electron chi connectivity index (χ0n) is 10.5. The molecule has 0 saturated heterocycles. The number of nitrogens with one attached hydrogen (secondary N) is 1. The van der Waals surface area contributed by atoms with Crippen molar-refractivity contribution in [3.63, 3.8) is 0 Å². The van der Waals surface area contributed by atoms with E-state index in [0.29, 0.717) is 11.3 Å². The lowest BCUT2D eigenvalue weighted by Crippen LogP contribution is -2.12. The molecule has 0 aliphatic rings. The van der Waals surface area contributed by atoms with Crippen molar-refractivity contribution in [2.45, 2.75) is 13.8 Å². The lowest BCUT2D eigenvalue weighted by molar-refractivity contribution is 0.474. The summed E-state index contributed by atoms with van der Waals surface area (Å²) < 4.78 is 5.91. The van der Waals surface area contributed by atoms with Crippen molar-refractivity contribution >= 4 is 5.84 Å². The van der Waals surface area contributed by atoms with Crippen LogP contribution in [0.1, 0.15) is 16.7 Å². The summed E-state index contributed by atoms with van der Waals surface area (Å²) in [4.78, 5) is 0. The highest BCUT2D eigenvalue weighted by Crippen LogP contribution is 2.30. The Morgan fingerprint density at radius 1 is 1.00 bits per heavy atom. The highest BCUT2D eigenvalue weighted by Gasteiger charge is 2.09. The number of rotatable bonds is 3. The first kappa shape index (κ1) is 12.2. The predicted octanol–water partition coefficient (Wildman–Crippen LogP) is 3.38. The van der Waals surface area contributed by atoms with E-state index >= 15 is 0 Å². The number of benzene rings is 2. The molecule has 3 N–H and O–H groups in total. The molecule has 3 nitrogen and oxygen atoms in total. The molecule has 18 heavy (non-hydrogen) atoms. The van der Waals surface area contributed by atoms with Crippen molar-refractivity contribution in [1.82, 2.24) is 0 Å². The lowest BCUT2D eigenvalue weighted by atomic mass is 10.1. The zero-order valence-corrected chi connectivity index (χ0v) is 10.5. The van der Waals surface area contributed by atoms with Gasteiger partial charge < -0.3 is 10.5 Å². The molecule has 0 atom stereocenters. The van der Waals surface area contributed by atoms with Crippen LogP contribution in [0, 0.1) is 19.3 Å². The van der Waals surface area contributed by atoms with Crippen LogP contribution in [-0.4, -0.2) is 5.84 Å². The van der Waals surface area contributed by atoms with E-state index in [9.17, 15) is 0 Å². The molecule has 92 valence electrons. The quantitative estimate of drug-likeness (QED) is 0.638. The number of nitrogen functional groups attached to an aromatic ring is 1. The Morgan fingerprint density at radius 2 is 1.61 bits per heavy atom. The first-order valence-corrected chi connectivity index (χ1v) is 5.77. The molecule has 0 spiro atoms. The molecular weight excluding hydrogens is 224 g/mol. The summed E-state index contributed by atoms with van der Waals surface area (Å²) in [5.74, 6) is 1.45. The lowest BCUT2D eigenvalue weighted by Gasteiger charge is -2.14.